The second-order valence-corrected chi connectivity index (χ2v) is 9.89. The van der Waals surface area contributed by atoms with E-state index in [4.69, 9.17) is 14.7 Å². The van der Waals surface area contributed by atoms with E-state index < -0.39 is 12.2 Å². The van der Waals surface area contributed by atoms with E-state index in [2.05, 4.69) is 10.2 Å². The summed E-state index contributed by atoms with van der Waals surface area (Å²) in [5, 5.41) is 30.6. The molecule has 2 aliphatic rings. The first-order valence-electron chi connectivity index (χ1n) is 13.2. The van der Waals surface area contributed by atoms with Crippen molar-refractivity contribution >= 4 is 17.5 Å². The van der Waals surface area contributed by atoms with Gasteiger partial charge in [-0.05, 0) is 49.1 Å². The lowest BCUT2D eigenvalue weighted by Crippen LogP contribution is -2.42. The quantitative estimate of drug-likeness (QED) is 0.222. The van der Waals surface area contributed by atoms with Crippen molar-refractivity contribution in [3.05, 3.63) is 65.2 Å². The fraction of sp³-hybridized carbons (Fsp3) is 0.500. The summed E-state index contributed by atoms with van der Waals surface area (Å²) >= 11 is 0. The number of hydrogen-bond donors (Lipinski definition) is 5. The summed E-state index contributed by atoms with van der Waals surface area (Å²) in [7, 11) is 0. The molecule has 2 saturated heterocycles. The van der Waals surface area contributed by atoms with Gasteiger partial charge in [-0.15, -0.1) is 0 Å². The number of ether oxygens (including phenoxy) is 2. The maximum Gasteiger partial charge on any atom is 0.243 e. The van der Waals surface area contributed by atoms with Crippen molar-refractivity contribution in [1.82, 2.24) is 10.4 Å². The minimum atomic E-state index is -0.656. The van der Waals surface area contributed by atoms with E-state index in [1.807, 2.05) is 42.5 Å². The summed E-state index contributed by atoms with van der Waals surface area (Å²) in [4.78, 5) is 25.8. The van der Waals surface area contributed by atoms with Crippen LogP contribution >= 0.6 is 0 Å². The summed E-state index contributed by atoms with van der Waals surface area (Å²) in [6.45, 7) is 1.72. The molecule has 10 heteroatoms. The largest absolute Gasteiger partial charge is 0.395 e. The molecule has 0 radical (unpaired) electrons. The van der Waals surface area contributed by atoms with Crippen LogP contribution in [0, 0.1) is 0 Å². The zero-order valence-corrected chi connectivity index (χ0v) is 21.4. The Balaban J connectivity index is 1.47. The highest BCUT2D eigenvalue weighted by Gasteiger charge is 2.35. The van der Waals surface area contributed by atoms with Crippen molar-refractivity contribution in [2.45, 2.75) is 69.7 Å². The van der Waals surface area contributed by atoms with E-state index in [0.29, 0.717) is 25.1 Å². The molecule has 5 N–H and O–H groups in total. The molecular weight excluding hydrogens is 490 g/mol. The summed E-state index contributed by atoms with van der Waals surface area (Å²) in [6, 6.07) is 15.2. The summed E-state index contributed by atoms with van der Waals surface area (Å²) in [6.07, 6.45) is 2.19. The standard InChI is InChI=1S/C28H37N3O7/c32-17-19-9-11-20(12-10-19)25-15-24(16-31-13-3-6-23(31)18-33)37-28(38-25)21-4-1-5-22(14-21)29-26(34)7-2-8-27(35)30-36/h1,4-5,9-12,14,23-25,28,32-33,36H,2-3,6-8,13,15-18H2,(H,29,34)(H,30,35)/t23-,24-,25+,28+/m0/s1. The van der Waals surface area contributed by atoms with Gasteiger partial charge in [-0.3, -0.25) is 19.7 Å². The van der Waals surface area contributed by atoms with E-state index >= 15 is 0 Å². The Morgan fingerprint density at radius 2 is 1.79 bits per heavy atom. The van der Waals surface area contributed by atoms with E-state index in [-0.39, 0.29) is 50.2 Å². The van der Waals surface area contributed by atoms with Crippen molar-refractivity contribution in [2.24, 2.45) is 0 Å². The Hall–Kier alpha value is -2.86. The molecule has 2 aliphatic heterocycles. The number of anilines is 1. The molecule has 2 fully saturated rings. The van der Waals surface area contributed by atoms with Crippen molar-refractivity contribution in [1.29, 1.82) is 0 Å². The maximum absolute atomic E-state index is 12.4. The average Bonchev–Trinajstić information content (AvgIpc) is 3.40. The molecule has 0 saturated carbocycles. The molecule has 0 aromatic heterocycles. The number of nitrogens with zero attached hydrogens (tertiary/aromatic N) is 1. The molecule has 2 aromatic carbocycles. The fourth-order valence-electron chi connectivity index (χ4n) is 5.09. The van der Waals surface area contributed by atoms with Crippen LogP contribution < -0.4 is 10.8 Å². The number of carbonyl (C=O) groups excluding carboxylic acids is 2. The number of rotatable bonds is 11. The molecule has 4 rings (SSSR count). The topological polar surface area (TPSA) is 141 Å². The number of likely N-dealkylation sites (tertiary alicyclic amines) is 1. The highest BCUT2D eigenvalue weighted by Crippen LogP contribution is 2.39. The van der Waals surface area contributed by atoms with Crippen molar-refractivity contribution in [3.63, 3.8) is 0 Å². The van der Waals surface area contributed by atoms with Crippen molar-refractivity contribution < 1.29 is 34.5 Å². The minimum absolute atomic E-state index is 0.0230. The highest BCUT2D eigenvalue weighted by molar-refractivity contribution is 5.91. The molecule has 206 valence electrons. The van der Waals surface area contributed by atoms with E-state index in [0.717, 1.165) is 36.1 Å². The van der Waals surface area contributed by atoms with Gasteiger partial charge in [0.15, 0.2) is 6.29 Å². The molecule has 38 heavy (non-hydrogen) atoms. The Labute approximate surface area is 222 Å². The second kappa shape index (κ2) is 13.8. The van der Waals surface area contributed by atoms with Crippen molar-refractivity contribution in [2.75, 3.05) is 25.0 Å². The van der Waals surface area contributed by atoms with Crippen LogP contribution in [0.5, 0.6) is 0 Å². The third kappa shape index (κ3) is 7.59. The van der Waals surface area contributed by atoms with Gasteiger partial charge in [-0.25, -0.2) is 5.48 Å². The lowest BCUT2D eigenvalue weighted by molar-refractivity contribution is -0.253. The number of amides is 2. The van der Waals surface area contributed by atoms with Gasteiger partial charge in [0.25, 0.3) is 0 Å². The zero-order valence-electron chi connectivity index (χ0n) is 21.4. The van der Waals surface area contributed by atoms with E-state index in [1.54, 1.807) is 11.5 Å². The second-order valence-electron chi connectivity index (χ2n) is 9.89. The van der Waals surface area contributed by atoms with Crippen LogP contribution in [0.3, 0.4) is 0 Å². The molecule has 2 aromatic rings. The lowest BCUT2D eigenvalue weighted by Gasteiger charge is -2.38. The van der Waals surface area contributed by atoms with E-state index in [1.165, 1.54) is 0 Å². The van der Waals surface area contributed by atoms with Crippen LogP contribution in [0.15, 0.2) is 48.5 Å². The zero-order chi connectivity index (χ0) is 26.9. The van der Waals surface area contributed by atoms with Gasteiger partial charge in [0, 0.05) is 43.1 Å². The summed E-state index contributed by atoms with van der Waals surface area (Å²) < 4.78 is 12.8. The highest BCUT2D eigenvalue weighted by atomic mass is 16.7. The van der Waals surface area contributed by atoms with Gasteiger partial charge >= 0.3 is 0 Å². The Morgan fingerprint density at radius 3 is 2.53 bits per heavy atom. The first-order valence-corrected chi connectivity index (χ1v) is 13.2. The predicted octanol–water partition coefficient (Wildman–Crippen LogP) is 2.80. The fourth-order valence-corrected chi connectivity index (χ4v) is 5.09. The average molecular weight is 528 g/mol. The van der Waals surface area contributed by atoms with Crippen molar-refractivity contribution in [3.8, 4) is 0 Å². The molecule has 4 atom stereocenters. The Bertz CT molecular complexity index is 1060. The molecule has 2 amide bonds. The van der Waals surface area contributed by atoms with Gasteiger partial charge in [0.2, 0.25) is 11.8 Å². The third-order valence-corrected chi connectivity index (χ3v) is 7.14. The van der Waals surface area contributed by atoms with Crippen LogP contribution in [-0.2, 0) is 25.7 Å². The maximum atomic E-state index is 12.4. The van der Waals surface area contributed by atoms with Gasteiger partial charge in [0.1, 0.15) is 0 Å². The molecular formula is C28H37N3O7. The number of aliphatic hydroxyl groups is 2. The number of nitrogens with one attached hydrogen (secondary N) is 2. The van der Waals surface area contributed by atoms with Gasteiger partial charge in [-0.1, -0.05) is 36.4 Å². The van der Waals surface area contributed by atoms with Crippen LogP contribution in [0.1, 0.15) is 67.6 Å². The van der Waals surface area contributed by atoms with Gasteiger partial charge in [0.05, 0.1) is 25.4 Å². The Morgan fingerprint density at radius 1 is 1.00 bits per heavy atom. The monoisotopic (exact) mass is 527 g/mol. The van der Waals surface area contributed by atoms with Crippen LogP contribution in [-0.4, -0.2) is 64.0 Å². The summed E-state index contributed by atoms with van der Waals surface area (Å²) in [5.74, 6) is -0.761. The molecule has 0 aliphatic carbocycles. The van der Waals surface area contributed by atoms with Gasteiger partial charge in [-0.2, -0.15) is 0 Å². The first kappa shape index (κ1) is 28.2. The van der Waals surface area contributed by atoms with E-state index in [9.17, 15) is 19.8 Å². The number of carbonyl (C=O) groups is 2. The number of hydroxylamine groups is 1. The smallest absolute Gasteiger partial charge is 0.243 e. The molecule has 0 unspecified atom stereocenters. The lowest BCUT2D eigenvalue weighted by atomic mass is 9.99. The predicted molar refractivity (Wildman–Crippen MR) is 139 cm³/mol. The normalized spacial score (nSPS) is 23.8. The van der Waals surface area contributed by atoms with Crippen LogP contribution in [0.4, 0.5) is 5.69 Å². The molecule has 0 bridgehead atoms. The minimum Gasteiger partial charge on any atom is -0.395 e. The van der Waals surface area contributed by atoms with Crippen LogP contribution in [0.25, 0.3) is 0 Å². The Kier molecular flexibility index (Phi) is 10.2. The third-order valence-electron chi connectivity index (χ3n) is 7.14. The number of hydrogen-bond acceptors (Lipinski definition) is 8. The first-order chi connectivity index (χ1) is 18.5. The SMILES string of the molecule is O=C(CCCC(=O)Nc1cccc([C@@H]2O[C@H](CN3CCC[C@H]3CO)C[C@H](c3ccc(CO)cc3)O2)c1)NO. The summed E-state index contributed by atoms with van der Waals surface area (Å²) in [5.41, 5.74) is 4.75. The van der Waals surface area contributed by atoms with Gasteiger partial charge < -0.3 is 25.0 Å². The molecule has 10 nitrogen and oxygen atoms in total. The number of benzene rings is 2. The molecule has 2 heterocycles. The number of aliphatic hydroxyl groups excluding tert-OH is 2. The molecule has 0 spiro atoms. The van der Waals surface area contributed by atoms with Crippen LogP contribution in [0.2, 0.25) is 0 Å².